The maximum absolute atomic E-state index is 11.9. The van der Waals surface area contributed by atoms with Crippen LogP contribution < -0.4 is 5.32 Å². The number of carboxylic acid groups (broad SMARTS) is 1. The lowest BCUT2D eigenvalue weighted by Gasteiger charge is -2.33. The van der Waals surface area contributed by atoms with Crippen LogP contribution in [0.5, 0.6) is 0 Å². The normalized spacial score (nSPS) is 17.9. The number of aliphatic carboxylic acids is 1. The Morgan fingerprint density at radius 3 is 2.29 bits per heavy atom. The second-order valence-electron chi connectivity index (χ2n) is 4.98. The summed E-state index contributed by atoms with van der Waals surface area (Å²) in [6.45, 7) is 1.99. The highest BCUT2D eigenvalue weighted by Crippen LogP contribution is 2.26. The van der Waals surface area contributed by atoms with E-state index < -0.39 is 11.5 Å². The van der Waals surface area contributed by atoms with Gasteiger partial charge < -0.3 is 5.11 Å². The Labute approximate surface area is 122 Å². The van der Waals surface area contributed by atoms with Crippen LogP contribution in [-0.4, -0.2) is 40.9 Å². The molecule has 0 radical (unpaired) electrons. The first-order valence-electron chi connectivity index (χ1n) is 6.88. The molecule has 2 N–H and O–H groups in total. The number of hydrogen-bond donors (Lipinski definition) is 2. The largest absolute Gasteiger partial charge is 0.480 e. The molecule has 1 unspecified atom stereocenters. The Balaban J connectivity index is 2.42. The van der Waals surface area contributed by atoms with Gasteiger partial charge in [-0.05, 0) is 12.1 Å². The Bertz CT molecular complexity index is 542. The predicted octanol–water partition coefficient (Wildman–Crippen LogP) is 0.725. The van der Waals surface area contributed by atoms with Crippen LogP contribution in [0.2, 0.25) is 0 Å². The number of amides is 2. The summed E-state index contributed by atoms with van der Waals surface area (Å²) in [6, 6.07) is 8.62. The summed E-state index contributed by atoms with van der Waals surface area (Å²) in [6.07, 6.45) is 0.297. The molecule has 0 bridgehead atoms. The molecule has 1 aromatic carbocycles. The van der Waals surface area contributed by atoms with Crippen molar-refractivity contribution in [1.29, 1.82) is 0 Å². The third-order valence-corrected chi connectivity index (χ3v) is 3.66. The standard InChI is InChI=1S/C15H18N2O4/c1-2-16-15(14(20)21,11-6-4-3-5-7-11)10-17-12(18)8-9-13(17)19/h3-7,16H,2,8-10H2,1H3,(H,20,21). The molecular formula is C15H18N2O4. The molecule has 2 rings (SSSR count). The molecule has 1 saturated heterocycles. The SMILES string of the molecule is CCNC(CN1C(=O)CCC1=O)(C(=O)O)c1ccccc1. The number of likely N-dealkylation sites (tertiary alicyclic amines) is 1. The summed E-state index contributed by atoms with van der Waals surface area (Å²) < 4.78 is 0. The number of nitrogens with zero attached hydrogens (tertiary/aromatic N) is 1. The number of hydrogen-bond acceptors (Lipinski definition) is 4. The van der Waals surface area contributed by atoms with E-state index in [0.717, 1.165) is 4.90 Å². The average molecular weight is 290 g/mol. The fraction of sp³-hybridized carbons (Fsp3) is 0.400. The molecule has 1 aromatic rings. The Morgan fingerprint density at radius 1 is 1.24 bits per heavy atom. The van der Waals surface area contributed by atoms with E-state index in [0.29, 0.717) is 12.1 Å². The van der Waals surface area contributed by atoms with Crippen molar-refractivity contribution in [1.82, 2.24) is 10.2 Å². The molecule has 0 aromatic heterocycles. The first-order chi connectivity index (χ1) is 10.0. The maximum Gasteiger partial charge on any atom is 0.330 e. The smallest absolute Gasteiger partial charge is 0.330 e. The third kappa shape index (κ3) is 2.80. The van der Waals surface area contributed by atoms with Crippen molar-refractivity contribution in [2.75, 3.05) is 13.1 Å². The van der Waals surface area contributed by atoms with Crippen molar-refractivity contribution >= 4 is 17.8 Å². The molecule has 0 spiro atoms. The molecule has 0 saturated carbocycles. The Morgan fingerprint density at radius 2 is 1.81 bits per heavy atom. The fourth-order valence-corrected chi connectivity index (χ4v) is 2.58. The lowest BCUT2D eigenvalue weighted by atomic mass is 9.89. The van der Waals surface area contributed by atoms with E-state index in [2.05, 4.69) is 5.32 Å². The van der Waals surface area contributed by atoms with Gasteiger partial charge in [0.2, 0.25) is 11.8 Å². The molecule has 21 heavy (non-hydrogen) atoms. The van der Waals surface area contributed by atoms with Crippen LogP contribution in [0.15, 0.2) is 30.3 Å². The van der Waals surface area contributed by atoms with Crippen molar-refractivity contribution in [3.8, 4) is 0 Å². The average Bonchev–Trinajstić information content (AvgIpc) is 2.79. The van der Waals surface area contributed by atoms with Gasteiger partial charge in [0.1, 0.15) is 0 Å². The number of carboxylic acids is 1. The van der Waals surface area contributed by atoms with Crippen molar-refractivity contribution in [3.63, 3.8) is 0 Å². The molecule has 1 atom stereocenters. The lowest BCUT2D eigenvalue weighted by Crippen LogP contribution is -2.57. The zero-order chi connectivity index (χ0) is 15.5. The van der Waals surface area contributed by atoms with Gasteiger partial charge in [0.05, 0.1) is 6.54 Å². The predicted molar refractivity (Wildman–Crippen MR) is 75.4 cm³/mol. The minimum atomic E-state index is -1.48. The molecule has 1 aliphatic heterocycles. The van der Waals surface area contributed by atoms with E-state index in [1.54, 1.807) is 37.3 Å². The van der Waals surface area contributed by atoms with Gasteiger partial charge >= 0.3 is 5.97 Å². The van der Waals surface area contributed by atoms with Gasteiger partial charge in [-0.25, -0.2) is 4.79 Å². The van der Waals surface area contributed by atoms with Crippen molar-refractivity contribution in [2.45, 2.75) is 25.3 Å². The summed E-state index contributed by atoms with van der Waals surface area (Å²) in [5, 5.41) is 12.7. The van der Waals surface area contributed by atoms with Gasteiger partial charge in [-0.2, -0.15) is 0 Å². The fourth-order valence-electron chi connectivity index (χ4n) is 2.58. The Kier molecular flexibility index (Phi) is 4.37. The van der Waals surface area contributed by atoms with Crippen molar-refractivity contribution in [3.05, 3.63) is 35.9 Å². The van der Waals surface area contributed by atoms with Gasteiger partial charge in [0.25, 0.3) is 0 Å². The second kappa shape index (κ2) is 6.05. The first kappa shape index (κ1) is 15.2. The van der Waals surface area contributed by atoms with Crippen LogP contribution >= 0.6 is 0 Å². The third-order valence-electron chi connectivity index (χ3n) is 3.66. The van der Waals surface area contributed by atoms with E-state index in [1.165, 1.54) is 0 Å². The van der Waals surface area contributed by atoms with Crippen LogP contribution in [0.4, 0.5) is 0 Å². The molecule has 0 aliphatic carbocycles. The van der Waals surface area contributed by atoms with Crippen LogP contribution in [0.3, 0.4) is 0 Å². The summed E-state index contributed by atoms with van der Waals surface area (Å²) in [5.74, 6) is -1.75. The lowest BCUT2D eigenvalue weighted by molar-refractivity contribution is -0.149. The molecule has 1 heterocycles. The quantitative estimate of drug-likeness (QED) is 0.754. The molecule has 1 fully saturated rings. The first-order valence-corrected chi connectivity index (χ1v) is 6.88. The van der Waals surface area contributed by atoms with Gasteiger partial charge in [-0.15, -0.1) is 0 Å². The number of imide groups is 1. The van der Waals surface area contributed by atoms with Crippen LogP contribution in [0, 0.1) is 0 Å². The maximum atomic E-state index is 11.9. The number of nitrogens with one attached hydrogen (secondary N) is 1. The molecule has 6 heteroatoms. The molecule has 6 nitrogen and oxygen atoms in total. The number of likely N-dealkylation sites (N-methyl/N-ethyl adjacent to an activating group) is 1. The highest BCUT2D eigenvalue weighted by Gasteiger charge is 2.45. The van der Waals surface area contributed by atoms with E-state index >= 15 is 0 Å². The van der Waals surface area contributed by atoms with Gasteiger partial charge in [0.15, 0.2) is 5.54 Å². The highest BCUT2D eigenvalue weighted by molar-refractivity contribution is 6.02. The summed E-state index contributed by atoms with van der Waals surface area (Å²) in [5.41, 5.74) is -0.960. The second-order valence-corrected chi connectivity index (χ2v) is 4.98. The topological polar surface area (TPSA) is 86.7 Å². The molecule has 112 valence electrons. The molecule has 2 amide bonds. The van der Waals surface area contributed by atoms with E-state index in [4.69, 9.17) is 0 Å². The van der Waals surface area contributed by atoms with Gasteiger partial charge in [-0.1, -0.05) is 37.3 Å². The number of benzene rings is 1. The summed E-state index contributed by atoms with van der Waals surface area (Å²) in [7, 11) is 0. The minimum absolute atomic E-state index is 0.148. The number of carbonyl (C=O) groups is 3. The molecule has 1 aliphatic rings. The highest BCUT2D eigenvalue weighted by atomic mass is 16.4. The van der Waals surface area contributed by atoms with Gasteiger partial charge in [-0.3, -0.25) is 19.8 Å². The number of rotatable bonds is 6. The summed E-state index contributed by atoms with van der Waals surface area (Å²) >= 11 is 0. The number of carbonyl (C=O) groups excluding carboxylic acids is 2. The van der Waals surface area contributed by atoms with E-state index in [9.17, 15) is 19.5 Å². The zero-order valence-corrected chi connectivity index (χ0v) is 11.8. The zero-order valence-electron chi connectivity index (χ0n) is 11.8. The monoisotopic (exact) mass is 290 g/mol. The summed E-state index contributed by atoms with van der Waals surface area (Å²) in [4.78, 5) is 36.6. The minimum Gasteiger partial charge on any atom is -0.480 e. The van der Waals surface area contributed by atoms with Crippen LogP contribution in [-0.2, 0) is 19.9 Å². The molecular weight excluding hydrogens is 272 g/mol. The van der Waals surface area contributed by atoms with Crippen LogP contribution in [0.25, 0.3) is 0 Å². The van der Waals surface area contributed by atoms with E-state index in [-0.39, 0.29) is 31.2 Å². The van der Waals surface area contributed by atoms with Gasteiger partial charge in [0, 0.05) is 12.8 Å². The van der Waals surface area contributed by atoms with Crippen LogP contribution in [0.1, 0.15) is 25.3 Å². The Hall–Kier alpha value is -2.21. The van der Waals surface area contributed by atoms with E-state index in [1.807, 2.05) is 0 Å². The van der Waals surface area contributed by atoms with Crippen molar-refractivity contribution in [2.24, 2.45) is 0 Å². The van der Waals surface area contributed by atoms with Crippen molar-refractivity contribution < 1.29 is 19.5 Å².